The van der Waals surface area contributed by atoms with Crippen LogP contribution < -0.4 is 15.6 Å². The zero-order valence-electron chi connectivity index (χ0n) is 11.0. The summed E-state index contributed by atoms with van der Waals surface area (Å²) in [5, 5.41) is 3.16. The van der Waals surface area contributed by atoms with Crippen molar-refractivity contribution in [2.45, 2.75) is 25.4 Å². The number of hydrogen-bond donors (Lipinski definition) is 2. The molecule has 4 rings (SSSR count). The predicted octanol–water partition coefficient (Wildman–Crippen LogP) is 1.09. The molecule has 20 heavy (non-hydrogen) atoms. The van der Waals surface area contributed by atoms with Gasteiger partial charge in [0.2, 0.25) is 0 Å². The van der Waals surface area contributed by atoms with E-state index in [-0.39, 0.29) is 11.5 Å². The number of rotatable bonds is 1. The van der Waals surface area contributed by atoms with Crippen LogP contribution in [0.3, 0.4) is 0 Å². The lowest BCUT2D eigenvalue weighted by Gasteiger charge is -2.24. The largest absolute Gasteiger partial charge is 0.493 e. The highest BCUT2D eigenvalue weighted by Crippen LogP contribution is 2.30. The lowest BCUT2D eigenvalue weighted by molar-refractivity contribution is 0.257. The molecule has 5 nitrogen and oxygen atoms in total. The summed E-state index contributed by atoms with van der Waals surface area (Å²) in [7, 11) is 0. The molecule has 0 bridgehead atoms. The lowest BCUT2D eigenvalue weighted by atomic mass is 9.96. The third-order valence-corrected chi connectivity index (χ3v) is 3.98. The van der Waals surface area contributed by atoms with Crippen molar-refractivity contribution in [2.75, 3.05) is 6.61 Å². The van der Waals surface area contributed by atoms with Crippen molar-refractivity contribution < 1.29 is 4.74 Å². The van der Waals surface area contributed by atoms with Gasteiger partial charge >= 0.3 is 0 Å². The first-order valence-electron chi connectivity index (χ1n) is 6.84. The van der Waals surface area contributed by atoms with Crippen molar-refractivity contribution >= 4 is 0 Å². The number of ether oxygens (including phenoxy) is 1. The van der Waals surface area contributed by atoms with Crippen molar-refractivity contribution in [1.82, 2.24) is 15.3 Å². The van der Waals surface area contributed by atoms with Crippen molar-refractivity contribution in [2.24, 2.45) is 0 Å². The number of nitrogens with zero attached hydrogens (tertiary/aromatic N) is 1. The Labute approximate surface area is 116 Å². The fourth-order valence-corrected chi connectivity index (χ4v) is 2.90. The van der Waals surface area contributed by atoms with E-state index in [1.54, 1.807) is 0 Å². The first-order chi connectivity index (χ1) is 9.81. The van der Waals surface area contributed by atoms with Gasteiger partial charge < -0.3 is 15.0 Å². The molecule has 0 saturated heterocycles. The van der Waals surface area contributed by atoms with Gasteiger partial charge in [0.25, 0.3) is 5.56 Å². The lowest BCUT2D eigenvalue weighted by Crippen LogP contribution is -2.25. The quantitative estimate of drug-likeness (QED) is 0.813. The number of aromatic nitrogens is 2. The summed E-state index contributed by atoms with van der Waals surface area (Å²) >= 11 is 0. The summed E-state index contributed by atoms with van der Waals surface area (Å²) in [6.07, 6.45) is 0.853. The van der Waals surface area contributed by atoms with Crippen LogP contribution in [-0.2, 0) is 19.5 Å². The number of aromatic amines is 1. The summed E-state index contributed by atoms with van der Waals surface area (Å²) in [5.74, 6) is 1.80. The van der Waals surface area contributed by atoms with E-state index in [9.17, 15) is 4.79 Å². The molecular formula is C15H15N3O2. The van der Waals surface area contributed by atoms with Crippen LogP contribution in [0.4, 0.5) is 0 Å². The molecule has 2 aromatic rings. The van der Waals surface area contributed by atoms with Gasteiger partial charge in [0, 0.05) is 13.1 Å². The van der Waals surface area contributed by atoms with E-state index >= 15 is 0 Å². The molecule has 3 heterocycles. The third kappa shape index (κ3) is 1.82. The zero-order chi connectivity index (χ0) is 13.5. The predicted molar refractivity (Wildman–Crippen MR) is 73.8 cm³/mol. The normalized spacial score (nSPS) is 20.1. The minimum atomic E-state index is -0.0196. The Balaban J connectivity index is 1.70. The Hall–Kier alpha value is -2.14. The molecule has 0 radical (unpaired) electrons. The number of hydrogen-bond acceptors (Lipinski definition) is 4. The van der Waals surface area contributed by atoms with Crippen LogP contribution in [0.1, 0.15) is 28.6 Å². The fraction of sp³-hybridized carbons (Fsp3) is 0.333. The van der Waals surface area contributed by atoms with Crippen LogP contribution in [0.15, 0.2) is 29.1 Å². The summed E-state index contributed by atoms with van der Waals surface area (Å²) in [5.41, 5.74) is 2.80. The van der Waals surface area contributed by atoms with Crippen LogP contribution >= 0.6 is 0 Å². The standard InChI is InChI=1S/C15H15N3O2/c19-15-11-6-16-7-12(11)17-14(18-15)10-5-9-3-1-2-4-13(9)20-8-10/h1-4,10,16H,5-8H2,(H,17,18,19). The molecule has 0 aliphatic carbocycles. The summed E-state index contributed by atoms with van der Waals surface area (Å²) in [6.45, 7) is 1.85. The number of H-pyrrole nitrogens is 1. The second kappa shape index (κ2) is 4.45. The van der Waals surface area contributed by atoms with Gasteiger partial charge in [0.15, 0.2) is 0 Å². The van der Waals surface area contributed by atoms with Gasteiger partial charge in [-0.1, -0.05) is 18.2 Å². The second-order valence-corrected chi connectivity index (χ2v) is 5.30. The molecule has 1 aromatic carbocycles. The number of para-hydroxylation sites is 1. The molecule has 1 unspecified atom stereocenters. The average molecular weight is 269 g/mol. The van der Waals surface area contributed by atoms with Crippen LogP contribution in [0.5, 0.6) is 5.75 Å². The van der Waals surface area contributed by atoms with Crippen LogP contribution in [0.2, 0.25) is 0 Å². The van der Waals surface area contributed by atoms with Gasteiger partial charge in [-0.25, -0.2) is 4.98 Å². The van der Waals surface area contributed by atoms with E-state index in [4.69, 9.17) is 4.74 Å². The van der Waals surface area contributed by atoms with E-state index in [0.717, 1.165) is 29.3 Å². The molecule has 0 spiro atoms. The summed E-state index contributed by atoms with van der Waals surface area (Å²) in [4.78, 5) is 19.6. The van der Waals surface area contributed by atoms with Crippen LogP contribution in [0, 0.1) is 0 Å². The molecule has 5 heteroatoms. The topological polar surface area (TPSA) is 67.0 Å². The van der Waals surface area contributed by atoms with E-state index < -0.39 is 0 Å². The highest BCUT2D eigenvalue weighted by molar-refractivity contribution is 5.36. The Morgan fingerprint density at radius 1 is 1.25 bits per heavy atom. The Morgan fingerprint density at radius 2 is 2.15 bits per heavy atom. The summed E-state index contributed by atoms with van der Waals surface area (Å²) < 4.78 is 5.77. The van der Waals surface area contributed by atoms with E-state index in [1.165, 1.54) is 5.56 Å². The maximum absolute atomic E-state index is 12.0. The maximum Gasteiger partial charge on any atom is 0.255 e. The minimum absolute atomic E-state index is 0.0196. The first-order valence-corrected chi connectivity index (χ1v) is 6.84. The summed E-state index contributed by atoms with van der Waals surface area (Å²) in [6, 6.07) is 8.02. The zero-order valence-corrected chi connectivity index (χ0v) is 11.0. The van der Waals surface area contributed by atoms with Crippen molar-refractivity contribution in [3.63, 3.8) is 0 Å². The fourth-order valence-electron chi connectivity index (χ4n) is 2.90. The monoisotopic (exact) mass is 269 g/mol. The van der Waals surface area contributed by atoms with Crippen molar-refractivity contribution in [3.05, 3.63) is 57.3 Å². The SMILES string of the molecule is O=c1[nH]c(C2COc3ccccc3C2)nc2c1CNC2. The average Bonchev–Trinajstić information content (AvgIpc) is 2.96. The molecule has 1 aromatic heterocycles. The number of benzene rings is 1. The van der Waals surface area contributed by atoms with Crippen LogP contribution in [0.25, 0.3) is 0 Å². The third-order valence-electron chi connectivity index (χ3n) is 3.98. The Morgan fingerprint density at radius 3 is 3.10 bits per heavy atom. The minimum Gasteiger partial charge on any atom is -0.493 e. The van der Waals surface area contributed by atoms with E-state index in [0.29, 0.717) is 19.7 Å². The van der Waals surface area contributed by atoms with E-state index in [1.807, 2.05) is 18.2 Å². The van der Waals surface area contributed by atoms with Crippen molar-refractivity contribution in [1.29, 1.82) is 0 Å². The molecule has 0 fully saturated rings. The Bertz CT molecular complexity index is 723. The first kappa shape index (κ1) is 11.7. The second-order valence-electron chi connectivity index (χ2n) is 5.30. The van der Waals surface area contributed by atoms with Gasteiger partial charge in [0.1, 0.15) is 11.6 Å². The van der Waals surface area contributed by atoms with Crippen molar-refractivity contribution in [3.8, 4) is 5.75 Å². The Kier molecular flexibility index (Phi) is 2.60. The molecule has 1 atom stereocenters. The molecular weight excluding hydrogens is 254 g/mol. The highest BCUT2D eigenvalue weighted by atomic mass is 16.5. The molecule has 0 amide bonds. The van der Waals surface area contributed by atoms with E-state index in [2.05, 4.69) is 21.4 Å². The highest BCUT2D eigenvalue weighted by Gasteiger charge is 2.25. The smallest absolute Gasteiger partial charge is 0.255 e. The van der Waals surface area contributed by atoms with Gasteiger partial charge in [0.05, 0.1) is 23.8 Å². The van der Waals surface area contributed by atoms with Crippen LogP contribution in [-0.4, -0.2) is 16.6 Å². The van der Waals surface area contributed by atoms with Gasteiger partial charge in [-0.05, 0) is 18.1 Å². The number of fused-ring (bicyclic) bond motifs is 2. The molecule has 2 aliphatic heterocycles. The van der Waals surface area contributed by atoms with Gasteiger partial charge in [-0.3, -0.25) is 4.79 Å². The van der Waals surface area contributed by atoms with Gasteiger partial charge in [-0.15, -0.1) is 0 Å². The van der Waals surface area contributed by atoms with Gasteiger partial charge in [-0.2, -0.15) is 0 Å². The molecule has 2 N–H and O–H groups in total. The maximum atomic E-state index is 12.0. The molecule has 2 aliphatic rings. The number of nitrogens with one attached hydrogen (secondary N) is 2. The molecule has 102 valence electrons. The molecule has 0 saturated carbocycles.